The zero-order chi connectivity index (χ0) is 14.8. The monoisotopic (exact) mass is 343 g/mol. The second-order valence-electron chi connectivity index (χ2n) is 5.33. The predicted octanol–water partition coefficient (Wildman–Crippen LogP) is 3.34. The van der Waals surface area contributed by atoms with Crippen LogP contribution < -0.4 is 10.6 Å². The van der Waals surface area contributed by atoms with Crippen molar-refractivity contribution >= 4 is 27.5 Å². The van der Waals surface area contributed by atoms with Crippen LogP contribution in [0.15, 0.2) is 46.9 Å². The molecule has 2 aromatic carbocycles. The molecule has 21 heavy (non-hydrogen) atoms. The maximum absolute atomic E-state index is 7.55. The van der Waals surface area contributed by atoms with Crippen LogP contribution in [0.1, 0.15) is 16.7 Å². The van der Waals surface area contributed by atoms with Crippen LogP contribution in [0.2, 0.25) is 0 Å². The zero-order valence-corrected chi connectivity index (χ0v) is 13.4. The number of nitrogen functional groups attached to an aromatic ring is 1. The lowest BCUT2D eigenvalue weighted by Gasteiger charge is -2.23. The Morgan fingerprint density at radius 2 is 1.67 bits per heavy atom. The minimum Gasteiger partial charge on any atom is -0.384 e. The molecule has 0 saturated heterocycles. The highest BCUT2D eigenvalue weighted by Gasteiger charge is 2.15. The Kier molecular flexibility index (Phi) is 3.97. The lowest BCUT2D eigenvalue weighted by Crippen LogP contribution is -2.26. The molecule has 0 bridgehead atoms. The van der Waals surface area contributed by atoms with Crippen molar-refractivity contribution in [2.24, 2.45) is 5.73 Å². The largest absolute Gasteiger partial charge is 0.384 e. The zero-order valence-electron chi connectivity index (χ0n) is 11.8. The number of hydrogen-bond acceptors (Lipinski definition) is 2. The number of fused-ring (bicyclic) bond motifs is 1. The highest BCUT2D eigenvalue weighted by atomic mass is 79.9. The molecule has 3 rings (SSSR count). The third kappa shape index (κ3) is 2.95. The Hall–Kier alpha value is -1.81. The van der Waals surface area contributed by atoms with Crippen LogP contribution >= 0.6 is 15.9 Å². The van der Waals surface area contributed by atoms with E-state index >= 15 is 0 Å². The average Bonchev–Trinajstić information content (AvgIpc) is 2.69. The number of anilines is 1. The van der Waals surface area contributed by atoms with Gasteiger partial charge in [-0.05, 0) is 58.1 Å². The van der Waals surface area contributed by atoms with E-state index in [9.17, 15) is 0 Å². The van der Waals surface area contributed by atoms with Crippen LogP contribution in [-0.4, -0.2) is 18.9 Å². The second kappa shape index (κ2) is 5.90. The van der Waals surface area contributed by atoms with Crippen molar-refractivity contribution in [1.29, 1.82) is 5.41 Å². The quantitative estimate of drug-likeness (QED) is 0.649. The molecule has 2 aromatic rings. The van der Waals surface area contributed by atoms with E-state index < -0.39 is 0 Å². The summed E-state index contributed by atoms with van der Waals surface area (Å²) in [6.07, 6.45) is 2.14. The van der Waals surface area contributed by atoms with Gasteiger partial charge in [0, 0.05) is 28.8 Å². The molecular formula is C17H18BrN3. The van der Waals surface area contributed by atoms with Crippen LogP contribution in [0.4, 0.5) is 5.69 Å². The number of rotatable bonds is 2. The molecule has 0 aliphatic carbocycles. The van der Waals surface area contributed by atoms with Gasteiger partial charge in [0.2, 0.25) is 0 Å². The summed E-state index contributed by atoms with van der Waals surface area (Å²) in [4.78, 5) is 2.40. The summed E-state index contributed by atoms with van der Waals surface area (Å²) in [5.41, 5.74) is 10.4. The summed E-state index contributed by atoms with van der Waals surface area (Å²) in [6.45, 7) is 2.03. The molecule has 0 radical (unpaired) electrons. The standard InChI is InChI=1S/C17H18BrN3/c18-16-11-14(5-6-15(16)17(19)20)21-9-7-12-3-1-2-4-13(12)8-10-21/h1-6,11H,7-10H2,(H3,19,20). The van der Waals surface area contributed by atoms with Gasteiger partial charge in [-0.15, -0.1) is 0 Å². The van der Waals surface area contributed by atoms with Gasteiger partial charge in [0.25, 0.3) is 0 Å². The van der Waals surface area contributed by atoms with Gasteiger partial charge >= 0.3 is 0 Å². The summed E-state index contributed by atoms with van der Waals surface area (Å²) in [5, 5.41) is 7.55. The van der Waals surface area contributed by atoms with E-state index in [-0.39, 0.29) is 5.84 Å². The average molecular weight is 344 g/mol. The number of hydrogen-bond donors (Lipinski definition) is 2. The van der Waals surface area contributed by atoms with E-state index in [0.29, 0.717) is 0 Å². The lowest BCUT2D eigenvalue weighted by atomic mass is 10.0. The lowest BCUT2D eigenvalue weighted by molar-refractivity contribution is 0.805. The number of nitrogens with two attached hydrogens (primary N) is 1. The summed E-state index contributed by atoms with van der Waals surface area (Å²) in [6, 6.07) is 14.7. The van der Waals surface area contributed by atoms with Crippen LogP contribution in [0.25, 0.3) is 0 Å². The highest BCUT2D eigenvalue weighted by Crippen LogP contribution is 2.26. The molecule has 3 nitrogen and oxygen atoms in total. The summed E-state index contributed by atoms with van der Waals surface area (Å²) < 4.78 is 0.884. The smallest absolute Gasteiger partial charge is 0.123 e. The molecule has 108 valence electrons. The van der Waals surface area contributed by atoms with Gasteiger partial charge in [0.15, 0.2) is 0 Å². The second-order valence-corrected chi connectivity index (χ2v) is 6.19. The first kappa shape index (κ1) is 14.1. The van der Waals surface area contributed by atoms with Crippen LogP contribution in [-0.2, 0) is 12.8 Å². The molecule has 0 amide bonds. The normalized spacial score (nSPS) is 14.4. The van der Waals surface area contributed by atoms with Crippen molar-refractivity contribution in [2.45, 2.75) is 12.8 Å². The number of nitrogens with zero attached hydrogens (tertiary/aromatic N) is 1. The number of benzene rings is 2. The Morgan fingerprint density at radius 1 is 1.05 bits per heavy atom. The molecule has 1 aliphatic heterocycles. The number of halogens is 1. The maximum atomic E-state index is 7.55. The first-order valence-corrected chi connectivity index (χ1v) is 7.90. The number of amidine groups is 1. The van der Waals surface area contributed by atoms with Crippen LogP contribution in [0, 0.1) is 5.41 Å². The van der Waals surface area contributed by atoms with Gasteiger partial charge in [0.1, 0.15) is 5.84 Å². The van der Waals surface area contributed by atoms with Crippen molar-refractivity contribution in [1.82, 2.24) is 0 Å². The molecule has 0 aromatic heterocycles. The topological polar surface area (TPSA) is 53.1 Å². The molecule has 0 fully saturated rings. The molecule has 0 saturated carbocycles. The summed E-state index contributed by atoms with van der Waals surface area (Å²) >= 11 is 3.51. The van der Waals surface area contributed by atoms with Gasteiger partial charge in [-0.3, -0.25) is 5.41 Å². The first-order chi connectivity index (χ1) is 10.1. The highest BCUT2D eigenvalue weighted by molar-refractivity contribution is 9.10. The molecule has 3 N–H and O–H groups in total. The van der Waals surface area contributed by atoms with Crippen molar-refractivity contribution in [2.75, 3.05) is 18.0 Å². The fraction of sp³-hybridized carbons (Fsp3) is 0.235. The fourth-order valence-electron chi connectivity index (χ4n) is 2.85. The minimum absolute atomic E-state index is 0.0942. The van der Waals surface area contributed by atoms with Crippen LogP contribution in [0.3, 0.4) is 0 Å². The number of nitrogens with one attached hydrogen (secondary N) is 1. The fourth-order valence-corrected chi connectivity index (χ4v) is 3.43. The molecule has 0 atom stereocenters. The maximum Gasteiger partial charge on any atom is 0.123 e. The molecule has 1 aliphatic rings. The van der Waals surface area contributed by atoms with Gasteiger partial charge < -0.3 is 10.6 Å². The Morgan fingerprint density at radius 3 is 2.19 bits per heavy atom. The van der Waals surface area contributed by atoms with E-state index in [1.165, 1.54) is 16.8 Å². The van der Waals surface area contributed by atoms with Crippen LogP contribution in [0.5, 0.6) is 0 Å². The van der Waals surface area contributed by atoms with E-state index in [4.69, 9.17) is 11.1 Å². The van der Waals surface area contributed by atoms with Gasteiger partial charge in [-0.1, -0.05) is 24.3 Å². The molecule has 1 heterocycles. The van der Waals surface area contributed by atoms with E-state index in [0.717, 1.165) is 36.0 Å². The Labute approximate surface area is 133 Å². The van der Waals surface area contributed by atoms with Crippen molar-refractivity contribution in [3.05, 3.63) is 63.6 Å². The molecular weight excluding hydrogens is 326 g/mol. The third-order valence-corrected chi connectivity index (χ3v) is 4.68. The van der Waals surface area contributed by atoms with E-state index in [1.54, 1.807) is 0 Å². The van der Waals surface area contributed by atoms with E-state index in [1.807, 2.05) is 6.07 Å². The summed E-state index contributed by atoms with van der Waals surface area (Å²) in [7, 11) is 0. The molecule has 0 spiro atoms. The van der Waals surface area contributed by atoms with Gasteiger partial charge in [-0.25, -0.2) is 0 Å². The SMILES string of the molecule is N=C(N)c1ccc(N2CCc3ccccc3CC2)cc1Br. The van der Waals surface area contributed by atoms with Gasteiger partial charge in [0.05, 0.1) is 0 Å². The van der Waals surface area contributed by atoms with E-state index in [2.05, 4.69) is 57.2 Å². The predicted molar refractivity (Wildman–Crippen MR) is 91.2 cm³/mol. The Bertz CT molecular complexity index is 654. The van der Waals surface area contributed by atoms with Crippen molar-refractivity contribution in [3.63, 3.8) is 0 Å². The minimum atomic E-state index is 0.0942. The van der Waals surface area contributed by atoms with Crippen molar-refractivity contribution < 1.29 is 0 Å². The molecule has 0 unspecified atom stereocenters. The van der Waals surface area contributed by atoms with Crippen molar-refractivity contribution in [3.8, 4) is 0 Å². The third-order valence-electron chi connectivity index (χ3n) is 4.03. The molecule has 4 heteroatoms. The first-order valence-electron chi connectivity index (χ1n) is 7.11. The van der Waals surface area contributed by atoms with Gasteiger partial charge in [-0.2, -0.15) is 0 Å². The Balaban J connectivity index is 1.83. The summed E-state index contributed by atoms with van der Waals surface area (Å²) in [5.74, 6) is 0.0942.